The van der Waals surface area contributed by atoms with Gasteiger partial charge in [0.25, 0.3) is 0 Å². The van der Waals surface area contributed by atoms with E-state index in [0.717, 1.165) is 12.2 Å². The number of carbonyl (C=O) groups is 1. The Bertz CT molecular complexity index is 639. The molecule has 3 aliphatic rings. The number of benzene rings is 1. The Morgan fingerprint density at radius 3 is 2.89 bits per heavy atom. The Morgan fingerprint density at radius 2 is 2.04 bits per heavy atom. The molecule has 3 heterocycles. The summed E-state index contributed by atoms with van der Waals surface area (Å²) in [6, 6.07) is 9.74. The van der Waals surface area contributed by atoms with E-state index in [2.05, 4.69) is 0 Å². The summed E-state index contributed by atoms with van der Waals surface area (Å²) in [6.07, 6.45) is 2.58. The van der Waals surface area contributed by atoms with Crippen molar-refractivity contribution >= 4 is 5.91 Å². The summed E-state index contributed by atoms with van der Waals surface area (Å²) in [5, 5.41) is 11.3. The molecule has 0 saturated carbocycles. The van der Waals surface area contributed by atoms with Crippen LogP contribution in [0.5, 0.6) is 5.75 Å². The van der Waals surface area contributed by atoms with E-state index in [-0.39, 0.29) is 23.8 Å². The molecule has 6 nitrogen and oxygen atoms in total. The lowest BCUT2D eigenvalue weighted by molar-refractivity contribution is -0.219. The fraction of sp³-hybridized carbons (Fsp3) is 0.667. The number of hydrogen-bond acceptors (Lipinski definition) is 5. The fourth-order valence-electron chi connectivity index (χ4n) is 4.82. The van der Waals surface area contributed by atoms with Crippen molar-refractivity contribution in [3.63, 3.8) is 0 Å². The molecule has 148 valence electrons. The van der Waals surface area contributed by atoms with Crippen LogP contribution < -0.4 is 4.74 Å². The number of amides is 1. The third kappa shape index (κ3) is 3.84. The molecule has 0 radical (unpaired) electrons. The minimum atomic E-state index is -0.767. The van der Waals surface area contributed by atoms with Gasteiger partial charge < -0.3 is 24.2 Å². The van der Waals surface area contributed by atoms with Gasteiger partial charge in [0.05, 0.1) is 25.4 Å². The average Bonchev–Trinajstić information content (AvgIpc) is 2.71. The smallest absolute Gasteiger partial charge is 0.222 e. The number of rotatable bonds is 5. The molecule has 0 aromatic heterocycles. The molecule has 1 amide bonds. The van der Waals surface area contributed by atoms with E-state index < -0.39 is 5.60 Å². The molecule has 0 bridgehead atoms. The topological polar surface area (TPSA) is 68.2 Å². The number of piperidine rings is 1. The van der Waals surface area contributed by atoms with Gasteiger partial charge in [-0.2, -0.15) is 0 Å². The van der Waals surface area contributed by atoms with E-state index >= 15 is 0 Å². The summed E-state index contributed by atoms with van der Waals surface area (Å²) in [5.74, 6) is 0.935. The first-order valence-corrected chi connectivity index (χ1v) is 10.0. The molecule has 0 aliphatic carbocycles. The first-order valence-electron chi connectivity index (χ1n) is 10.0. The van der Waals surface area contributed by atoms with Crippen molar-refractivity contribution in [2.75, 3.05) is 39.6 Å². The second kappa shape index (κ2) is 8.17. The predicted molar refractivity (Wildman–Crippen MR) is 99.5 cm³/mol. The van der Waals surface area contributed by atoms with Crippen LogP contribution in [0, 0.1) is 11.8 Å². The van der Waals surface area contributed by atoms with Crippen LogP contribution >= 0.6 is 0 Å². The van der Waals surface area contributed by atoms with Gasteiger partial charge in [0, 0.05) is 50.5 Å². The lowest BCUT2D eigenvalue weighted by Gasteiger charge is -2.57. The van der Waals surface area contributed by atoms with Crippen LogP contribution in [0.25, 0.3) is 0 Å². The monoisotopic (exact) mass is 375 g/mol. The first-order chi connectivity index (χ1) is 13.2. The number of fused-ring (bicyclic) bond motifs is 3. The fourth-order valence-corrected chi connectivity index (χ4v) is 4.82. The zero-order valence-corrected chi connectivity index (χ0v) is 15.7. The molecular weight excluding hydrogens is 346 g/mol. The summed E-state index contributed by atoms with van der Waals surface area (Å²) in [7, 11) is 0. The molecule has 6 heteroatoms. The van der Waals surface area contributed by atoms with Crippen LogP contribution in [0.1, 0.15) is 25.7 Å². The maximum absolute atomic E-state index is 13.0. The lowest BCUT2D eigenvalue weighted by Crippen LogP contribution is -2.68. The van der Waals surface area contributed by atoms with E-state index in [1.165, 1.54) is 0 Å². The van der Waals surface area contributed by atoms with E-state index in [1.54, 1.807) is 0 Å². The van der Waals surface area contributed by atoms with Gasteiger partial charge in [0.2, 0.25) is 5.91 Å². The van der Waals surface area contributed by atoms with Gasteiger partial charge in [-0.05, 0) is 25.0 Å². The van der Waals surface area contributed by atoms with Crippen LogP contribution in [0.4, 0.5) is 0 Å². The summed E-state index contributed by atoms with van der Waals surface area (Å²) >= 11 is 0. The van der Waals surface area contributed by atoms with Gasteiger partial charge in [-0.25, -0.2) is 0 Å². The Hall–Kier alpha value is -1.63. The number of likely N-dealkylation sites (tertiary alicyclic amines) is 1. The van der Waals surface area contributed by atoms with Gasteiger partial charge in [-0.1, -0.05) is 18.2 Å². The second-order valence-electron chi connectivity index (χ2n) is 7.86. The predicted octanol–water partition coefficient (Wildman–Crippen LogP) is 1.86. The highest BCUT2D eigenvalue weighted by Gasteiger charge is 2.56. The van der Waals surface area contributed by atoms with E-state index in [1.807, 2.05) is 35.2 Å². The number of carbonyl (C=O) groups excluding carboxylic acids is 1. The maximum Gasteiger partial charge on any atom is 0.222 e. The number of ether oxygens (including phenoxy) is 3. The Kier molecular flexibility index (Phi) is 5.66. The maximum atomic E-state index is 13.0. The van der Waals surface area contributed by atoms with Crippen LogP contribution in [-0.2, 0) is 14.3 Å². The van der Waals surface area contributed by atoms with Gasteiger partial charge >= 0.3 is 0 Å². The van der Waals surface area contributed by atoms with E-state index in [9.17, 15) is 9.90 Å². The average molecular weight is 375 g/mol. The number of para-hydroxylation sites is 1. The minimum Gasteiger partial charge on any atom is -0.494 e. The van der Waals surface area contributed by atoms with Gasteiger partial charge in [-0.3, -0.25) is 4.79 Å². The summed E-state index contributed by atoms with van der Waals surface area (Å²) in [6.45, 7) is 3.38. The zero-order valence-electron chi connectivity index (χ0n) is 15.7. The lowest BCUT2D eigenvalue weighted by atomic mass is 9.66. The molecule has 3 fully saturated rings. The van der Waals surface area contributed by atoms with Gasteiger partial charge in [-0.15, -0.1) is 0 Å². The highest BCUT2D eigenvalue weighted by atomic mass is 16.5. The molecular formula is C21H29NO5. The summed E-state index contributed by atoms with van der Waals surface area (Å²) in [5.41, 5.74) is -0.767. The van der Waals surface area contributed by atoms with Crippen molar-refractivity contribution in [1.82, 2.24) is 4.90 Å². The standard InChI is InChI=1S/C21H29NO5/c23-20(7-4-10-27-17-5-2-1-3-6-17)22-13-16-14-26-12-9-21(16,24)18-15-25-11-8-19(18)22/h1-3,5-6,16,18-19,24H,4,7-15H2/t16-,18+,19-,21-/m0/s1. The molecule has 3 aliphatic heterocycles. The first kappa shape index (κ1) is 18.7. The number of nitrogens with zero attached hydrogens (tertiary/aromatic N) is 1. The molecule has 1 aromatic rings. The van der Waals surface area contributed by atoms with Crippen molar-refractivity contribution < 1.29 is 24.1 Å². The van der Waals surface area contributed by atoms with Crippen molar-refractivity contribution in [2.45, 2.75) is 37.3 Å². The summed E-state index contributed by atoms with van der Waals surface area (Å²) < 4.78 is 17.0. The van der Waals surface area contributed by atoms with Crippen molar-refractivity contribution in [1.29, 1.82) is 0 Å². The molecule has 1 N–H and O–H groups in total. The van der Waals surface area contributed by atoms with Crippen LogP contribution in [-0.4, -0.2) is 67.1 Å². The molecule has 4 rings (SSSR count). The Morgan fingerprint density at radius 1 is 1.22 bits per heavy atom. The SMILES string of the molecule is O=C(CCCOc1ccccc1)N1C[C@H]2COCC[C@@]2(O)[C@@H]2COCC[C@@H]21. The highest BCUT2D eigenvalue weighted by Crippen LogP contribution is 2.44. The molecule has 0 unspecified atom stereocenters. The largest absolute Gasteiger partial charge is 0.494 e. The highest BCUT2D eigenvalue weighted by molar-refractivity contribution is 5.76. The Labute approximate surface area is 160 Å². The van der Waals surface area contributed by atoms with Crippen molar-refractivity contribution in [2.24, 2.45) is 11.8 Å². The second-order valence-corrected chi connectivity index (χ2v) is 7.86. The van der Waals surface area contributed by atoms with Crippen LogP contribution in [0.15, 0.2) is 30.3 Å². The Balaban J connectivity index is 1.36. The van der Waals surface area contributed by atoms with Gasteiger partial charge in [0.1, 0.15) is 5.75 Å². The number of hydrogen-bond donors (Lipinski definition) is 1. The molecule has 1 aromatic carbocycles. The van der Waals surface area contributed by atoms with E-state index in [4.69, 9.17) is 14.2 Å². The molecule has 4 atom stereocenters. The number of aliphatic hydroxyl groups is 1. The van der Waals surface area contributed by atoms with Crippen LogP contribution in [0.2, 0.25) is 0 Å². The van der Waals surface area contributed by atoms with Crippen molar-refractivity contribution in [3.8, 4) is 5.75 Å². The molecule has 0 spiro atoms. The van der Waals surface area contributed by atoms with Gasteiger partial charge in [0.15, 0.2) is 0 Å². The van der Waals surface area contributed by atoms with Crippen molar-refractivity contribution in [3.05, 3.63) is 30.3 Å². The zero-order chi connectivity index (χ0) is 18.7. The quantitative estimate of drug-likeness (QED) is 0.796. The third-order valence-electron chi connectivity index (χ3n) is 6.32. The molecule has 27 heavy (non-hydrogen) atoms. The minimum absolute atomic E-state index is 0.0154. The normalized spacial score (nSPS) is 33.1. The molecule has 3 saturated heterocycles. The van der Waals surface area contributed by atoms with E-state index in [0.29, 0.717) is 58.8 Å². The third-order valence-corrected chi connectivity index (χ3v) is 6.32. The van der Waals surface area contributed by atoms with Crippen LogP contribution in [0.3, 0.4) is 0 Å². The summed E-state index contributed by atoms with van der Waals surface area (Å²) in [4.78, 5) is 14.9.